The molecule has 1 aromatic carbocycles. The number of nitrogens with one attached hydrogen (secondary N) is 1. The van der Waals surface area contributed by atoms with Crippen LogP contribution in [0.5, 0.6) is 11.5 Å². The first-order valence-corrected chi connectivity index (χ1v) is 9.98. The Hall–Kier alpha value is -2.26. The number of ether oxygens (including phenoxy) is 3. The minimum absolute atomic E-state index is 0.213. The van der Waals surface area contributed by atoms with Gasteiger partial charge in [-0.1, -0.05) is 12.1 Å². The van der Waals surface area contributed by atoms with E-state index in [2.05, 4.69) is 20.2 Å². The summed E-state index contributed by atoms with van der Waals surface area (Å²) >= 11 is 0. The number of aromatic nitrogens is 2. The number of hydrogen-bond donors (Lipinski definition) is 2. The van der Waals surface area contributed by atoms with Crippen LogP contribution < -0.4 is 14.8 Å². The van der Waals surface area contributed by atoms with Crippen molar-refractivity contribution in [2.24, 2.45) is 0 Å². The third kappa shape index (κ3) is 6.93. The minimum atomic E-state index is -0.574. The Balaban J connectivity index is 1.51. The Morgan fingerprint density at radius 1 is 1.28 bits per heavy atom. The quantitative estimate of drug-likeness (QED) is 0.536. The van der Waals surface area contributed by atoms with Crippen LogP contribution in [0.2, 0.25) is 0 Å². The number of hydrogen-bond acceptors (Lipinski definition) is 8. The van der Waals surface area contributed by atoms with Gasteiger partial charge in [-0.3, -0.25) is 14.9 Å². The summed E-state index contributed by atoms with van der Waals surface area (Å²) in [5, 5.41) is 13.8. The van der Waals surface area contributed by atoms with Crippen LogP contribution in [-0.2, 0) is 17.7 Å². The summed E-state index contributed by atoms with van der Waals surface area (Å²) in [6.45, 7) is 5.30. The second-order valence-corrected chi connectivity index (χ2v) is 6.95. The second-order valence-electron chi connectivity index (χ2n) is 6.95. The van der Waals surface area contributed by atoms with Crippen LogP contribution >= 0.6 is 0 Å². The molecule has 0 bridgehead atoms. The number of para-hydroxylation sites is 1. The van der Waals surface area contributed by atoms with E-state index in [1.807, 2.05) is 18.2 Å². The van der Waals surface area contributed by atoms with E-state index in [-0.39, 0.29) is 6.61 Å². The van der Waals surface area contributed by atoms with Gasteiger partial charge >= 0.3 is 0 Å². The van der Waals surface area contributed by atoms with Gasteiger partial charge < -0.3 is 24.6 Å². The van der Waals surface area contributed by atoms with Crippen molar-refractivity contribution >= 4 is 0 Å². The van der Waals surface area contributed by atoms with Gasteiger partial charge in [0.1, 0.15) is 12.7 Å². The van der Waals surface area contributed by atoms with Gasteiger partial charge in [0.2, 0.25) is 0 Å². The molecule has 1 atom stereocenters. The summed E-state index contributed by atoms with van der Waals surface area (Å²) in [4.78, 5) is 10.5. The highest BCUT2D eigenvalue weighted by Crippen LogP contribution is 2.31. The molecule has 1 aromatic heterocycles. The van der Waals surface area contributed by atoms with Crippen LogP contribution in [0.4, 0.5) is 0 Å². The van der Waals surface area contributed by atoms with Gasteiger partial charge in [-0.2, -0.15) is 0 Å². The highest BCUT2D eigenvalue weighted by atomic mass is 16.5. The lowest BCUT2D eigenvalue weighted by atomic mass is 10.1. The van der Waals surface area contributed by atoms with Crippen LogP contribution in [0.15, 0.2) is 36.8 Å². The fourth-order valence-corrected chi connectivity index (χ4v) is 3.24. The third-order valence-corrected chi connectivity index (χ3v) is 4.76. The van der Waals surface area contributed by atoms with Crippen LogP contribution in [0.1, 0.15) is 11.3 Å². The molecule has 0 amide bonds. The summed E-state index contributed by atoms with van der Waals surface area (Å²) in [6.07, 6.45) is 5.37. The Bertz CT molecular complexity index is 726. The number of aliphatic hydroxyl groups is 1. The van der Waals surface area contributed by atoms with Crippen molar-refractivity contribution in [3.8, 4) is 11.5 Å². The molecular formula is C21H30N4O4. The number of benzene rings is 1. The number of rotatable bonds is 11. The molecule has 8 nitrogen and oxygen atoms in total. The Kier molecular flexibility index (Phi) is 8.63. The maximum Gasteiger partial charge on any atom is 0.165 e. The van der Waals surface area contributed by atoms with Crippen LogP contribution in [0, 0.1) is 0 Å². The minimum Gasteiger partial charge on any atom is -0.493 e. The number of aliphatic hydroxyl groups excluding tert-OH is 1. The van der Waals surface area contributed by atoms with Crippen molar-refractivity contribution < 1.29 is 19.3 Å². The normalized spacial score (nSPS) is 15.8. The first kappa shape index (κ1) is 21.4. The number of nitrogens with zero attached hydrogens (tertiary/aromatic N) is 3. The molecule has 0 saturated carbocycles. The molecule has 1 saturated heterocycles. The van der Waals surface area contributed by atoms with Crippen molar-refractivity contribution in [1.29, 1.82) is 0 Å². The van der Waals surface area contributed by atoms with E-state index in [0.717, 1.165) is 37.3 Å². The molecular weight excluding hydrogens is 372 g/mol. The van der Waals surface area contributed by atoms with E-state index in [1.165, 1.54) is 0 Å². The smallest absolute Gasteiger partial charge is 0.165 e. The molecule has 1 aliphatic rings. The molecule has 3 rings (SSSR count). The Labute approximate surface area is 171 Å². The monoisotopic (exact) mass is 402 g/mol. The van der Waals surface area contributed by atoms with Gasteiger partial charge in [-0.05, 0) is 6.07 Å². The Morgan fingerprint density at radius 2 is 2.14 bits per heavy atom. The van der Waals surface area contributed by atoms with Gasteiger partial charge in [-0.15, -0.1) is 0 Å². The van der Waals surface area contributed by atoms with E-state index in [0.29, 0.717) is 37.8 Å². The molecule has 158 valence electrons. The topological polar surface area (TPSA) is 89.0 Å². The summed E-state index contributed by atoms with van der Waals surface area (Å²) in [5.74, 6) is 1.33. The molecule has 0 unspecified atom stereocenters. The van der Waals surface area contributed by atoms with E-state index in [1.54, 1.807) is 25.7 Å². The largest absolute Gasteiger partial charge is 0.493 e. The van der Waals surface area contributed by atoms with Gasteiger partial charge in [0.05, 0.1) is 26.0 Å². The Morgan fingerprint density at radius 3 is 2.90 bits per heavy atom. The molecule has 8 heteroatoms. The van der Waals surface area contributed by atoms with Gasteiger partial charge in [0, 0.05) is 63.3 Å². The molecule has 2 N–H and O–H groups in total. The zero-order valence-corrected chi connectivity index (χ0v) is 16.9. The molecule has 0 aliphatic carbocycles. The van der Waals surface area contributed by atoms with E-state index in [9.17, 15) is 5.11 Å². The lowest BCUT2D eigenvalue weighted by Gasteiger charge is -2.28. The molecule has 1 fully saturated rings. The third-order valence-electron chi connectivity index (χ3n) is 4.76. The molecule has 2 aromatic rings. The van der Waals surface area contributed by atoms with E-state index >= 15 is 0 Å². The predicted octanol–water partition coefficient (Wildman–Crippen LogP) is 0.889. The highest BCUT2D eigenvalue weighted by molar-refractivity contribution is 5.46. The fraction of sp³-hybridized carbons (Fsp3) is 0.524. The number of methoxy groups -OCH3 is 1. The van der Waals surface area contributed by atoms with Crippen LogP contribution in [-0.4, -0.2) is 79.2 Å². The van der Waals surface area contributed by atoms with Crippen molar-refractivity contribution in [1.82, 2.24) is 20.2 Å². The zero-order chi connectivity index (χ0) is 20.3. The molecule has 29 heavy (non-hydrogen) atoms. The first-order chi connectivity index (χ1) is 14.3. The number of morpholine rings is 1. The van der Waals surface area contributed by atoms with Crippen molar-refractivity contribution in [2.45, 2.75) is 19.1 Å². The van der Waals surface area contributed by atoms with Crippen molar-refractivity contribution in [2.75, 3.05) is 53.1 Å². The van der Waals surface area contributed by atoms with Crippen molar-refractivity contribution in [3.05, 3.63) is 48.0 Å². The second kappa shape index (κ2) is 11.7. The van der Waals surface area contributed by atoms with Gasteiger partial charge in [-0.25, -0.2) is 0 Å². The standard InChI is InChI=1S/C21H30N4O4/c1-27-20-4-2-3-17(13-22-6-5-18-14-23-7-8-24-18)21(20)29-16-19(26)15-25-9-11-28-12-10-25/h2-4,7-8,14,19,22,26H,5-6,9-13,15-16H2,1H3/t19-/m0/s1. The number of β-amino-alcohol motifs (C(OH)–C–C–N with tert-alkyl or cyclic N) is 1. The van der Waals surface area contributed by atoms with Crippen LogP contribution in [0.25, 0.3) is 0 Å². The molecule has 1 aliphatic heterocycles. The average molecular weight is 402 g/mol. The fourth-order valence-electron chi connectivity index (χ4n) is 3.24. The van der Waals surface area contributed by atoms with E-state index in [4.69, 9.17) is 14.2 Å². The molecule has 0 spiro atoms. The van der Waals surface area contributed by atoms with E-state index < -0.39 is 6.10 Å². The molecule has 0 radical (unpaired) electrons. The SMILES string of the molecule is COc1cccc(CNCCc2cnccn2)c1OC[C@@H](O)CN1CCOCC1. The summed E-state index contributed by atoms with van der Waals surface area (Å²) in [7, 11) is 1.62. The zero-order valence-electron chi connectivity index (χ0n) is 16.9. The molecule has 2 heterocycles. The summed E-state index contributed by atoms with van der Waals surface area (Å²) in [6, 6.07) is 5.81. The summed E-state index contributed by atoms with van der Waals surface area (Å²) in [5.41, 5.74) is 1.94. The highest BCUT2D eigenvalue weighted by Gasteiger charge is 2.17. The van der Waals surface area contributed by atoms with Gasteiger partial charge in [0.15, 0.2) is 11.5 Å². The van der Waals surface area contributed by atoms with Crippen LogP contribution in [0.3, 0.4) is 0 Å². The lowest BCUT2D eigenvalue weighted by Crippen LogP contribution is -2.42. The first-order valence-electron chi connectivity index (χ1n) is 9.98. The average Bonchev–Trinajstić information content (AvgIpc) is 2.77. The van der Waals surface area contributed by atoms with Gasteiger partial charge in [0.25, 0.3) is 0 Å². The lowest BCUT2D eigenvalue weighted by molar-refractivity contribution is 0.00436. The van der Waals surface area contributed by atoms with Crippen molar-refractivity contribution in [3.63, 3.8) is 0 Å². The maximum absolute atomic E-state index is 10.4. The predicted molar refractivity (Wildman–Crippen MR) is 109 cm³/mol. The summed E-state index contributed by atoms with van der Waals surface area (Å²) < 4.78 is 16.8. The maximum atomic E-state index is 10.4.